The summed E-state index contributed by atoms with van der Waals surface area (Å²) in [5.41, 5.74) is 4.35. The SMILES string of the molecule is Cc1cc(C(F)(F)F)cc(N2C(=O)[C@H](CC(N)=O)C[C@H]2C(=O)N(C)c2ccc(F)c(Cl)c2)n1. The Hall–Kier alpha value is -3.21. The first-order valence-electron chi connectivity index (χ1n) is 9.69. The van der Waals surface area contributed by atoms with E-state index in [0.29, 0.717) is 6.07 Å². The molecule has 1 fully saturated rings. The van der Waals surface area contributed by atoms with E-state index >= 15 is 0 Å². The second kappa shape index (κ2) is 8.97. The molecule has 1 aliphatic rings. The van der Waals surface area contributed by atoms with Crippen LogP contribution < -0.4 is 15.5 Å². The lowest BCUT2D eigenvalue weighted by atomic mass is 10.0. The van der Waals surface area contributed by atoms with Gasteiger partial charge in [-0.2, -0.15) is 13.2 Å². The van der Waals surface area contributed by atoms with Gasteiger partial charge in [-0.05, 0) is 43.7 Å². The van der Waals surface area contributed by atoms with Crippen molar-refractivity contribution in [3.8, 4) is 0 Å². The van der Waals surface area contributed by atoms with Gasteiger partial charge in [0, 0.05) is 30.8 Å². The maximum absolute atomic E-state index is 13.5. The number of nitrogens with zero attached hydrogens (tertiary/aromatic N) is 3. The van der Waals surface area contributed by atoms with Gasteiger partial charge >= 0.3 is 6.18 Å². The second-order valence-corrected chi connectivity index (χ2v) is 8.08. The van der Waals surface area contributed by atoms with Crippen molar-refractivity contribution in [1.82, 2.24) is 4.98 Å². The Balaban J connectivity index is 2.04. The number of aromatic nitrogens is 1. The minimum atomic E-state index is -4.71. The summed E-state index contributed by atoms with van der Waals surface area (Å²) >= 11 is 5.78. The molecule has 3 rings (SSSR count). The third-order valence-corrected chi connectivity index (χ3v) is 5.56. The molecule has 7 nitrogen and oxygen atoms in total. The number of anilines is 2. The third kappa shape index (κ3) is 5.08. The maximum atomic E-state index is 13.5. The maximum Gasteiger partial charge on any atom is 0.416 e. The molecule has 3 amide bonds. The quantitative estimate of drug-likeness (QED) is 0.655. The van der Waals surface area contributed by atoms with Crippen LogP contribution in [0.15, 0.2) is 30.3 Å². The van der Waals surface area contributed by atoms with Crippen molar-refractivity contribution >= 4 is 40.8 Å². The average molecular weight is 487 g/mol. The Morgan fingerprint density at radius 2 is 1.94 bits per heavy atom. The van der Waals surface area contributed by atoms with Gasteiger partial charge in [-0.25, -0.2) is 9.37 Å². The number of primary amides is 1. The van der Waals surface area contributed by atoms with Crippen molar-refractivity contribution in [3.05, 3.63) is 52.4 Å². The van der Waals surface area contributed by atoms with Crippen LogP contribution in [0.2, 0.25) is 5.02 Å². The molecule has 2 N–H and O–H groups in total. The number of aryl methyl sites for hydroxylation is 1. The number of alkyl halides is 3. The highest BCUT2D eigenvalue weighted by molar-refractivity contribution is 6.31. The van der Waals surface area contributed by atoms with Crippen LogP contribution >= 0.6 is 11.6 Å². The van der Waals surface area contributed by atoms with Crippen molar-refractivity contribution in [2.45, 2.75) is 32.0 Å². The summed E-state index contributed by atoms with van der Waals surface area (Å²) < 4.78 is 53.5. The fourth-order valence-electron chi connectivity index (χ4n) is 3.71. The first-order valence-corrected chi connectivity index (χ1v) is 10.1. The summed E-state index contributed by atoms with van der Waals surface area (Å²) in [6, 6.07) is 3.75. The van der Waals surface area contributed by atoms with E-state index in [1.54, 1.807) is 0 Å². The Labute approximate surface area is 191 Å². The number of carbonyl (C=O) groups is 3. The number of carbonyl (C=O) groups excluding carboxylic acids is 3. The lowest BCUT2D eigenvalue weighted by Gasteiger charge is -2.28. The van der Waals surface area contributed by atoms with Gasteiger partial charge in [0.15, 0.2) is 0 Å². The van der Waals surface area contributed by atoms with E-state index in [-0.39, 0.29) is 35.1 Å². The molecular formula is C21H19ClF4N4O3. The minimum absolute atomic E-state index is 0.0177. The number of benzene rings is 1. The number of pyridine rings is 1. The lowest BCUT2D eigenvalue weighted by molar-refractivity contribution is -0.137. The second-order valence-electron chi connectivity index (χ2n) is 7.68. The predicted molar refractivity (Wildman–Crippen MR) is 112 cm³/mol. The Kier molecular flexibility index (Phi) is 6.64. The van der Waals surface area contributed by atoms with Crippen LogP contribution in [-0.4, -0.2) is 35.8 Å². The van der Waals surface area contributed by atoms with Gasteiger partial charge in [-0.1, -0.05) is 11.6 Å². The van der Waals surface area contributed by atoms with Crippen molar-refractivity contribution < 1.29 is 31.9 Å². The van der Waals surface area contributed by atoms with Crippen molar-refractivity contribution in [2.75, 3.05) is 16.8 Å². The molecule has 1 aromatic heterocycles. The molecule has 0 radical (unpaired) electrons. The van der Waals surface area contributed by atoms with Gasteiger partial charge < -0.3 is 10.6 Å². The molecule has 0 aliphatic carbocycles. The zero-order valence-corrected chi connectivity index (χ0v) is 18.2. The molecule has 2 atom stereocenters. The van der Waals surface area contributed by atoms with E-state index in [4.69, 9.17) is 17.3 Å². The predicted octanol–water partition coefficient (Wildman–Crippen LogP) is 3.46. The summed E-state index contributed by atoms with van der Waals surface area (Å²) in [6.07, 6.45) is -5.26. The summed E-state index contributed by atoms with van der Waals surface area (Å²) in [6.45, 7) is 1.32. The standard InChI is InChI=1S/C21H19ClF4N4O3/c1-10-5-12(21(24,25)26)8-18(28-10)30-16(6-11(19(30)32)7-17(27)31)20(33)29(2)13-3-4-15(23)14(22)9-13/h3-5,8-9,11,16H,6-7H2,1-2H3,(H2,27,31)/t11-,16-/m0/s1. The normalized spacial score (nSPS) is 18.5. The zero-order valence-electron chi connectivity index (χ0n) is 17.5. The monoisotopic (exact) mass is 486 g/mol. The smallest absolute Gasteiger partial charge is 0.370 e. The zero-order chi connectivity index (χ0) is 24.7. The third-order valence-electron chi connectivity index (χ3n) is 5.27. The topological polar surface area (TPSA) is 96.6 Å². The van der Waals surface area contributed by atoms with Crippen molar-refractivity contribution in [1.29, 1.82) is 0 Å². The van der Waals surface area contributed by atoms with Crippen LogP contribution in [0.4, 0.5) is 29.1 Å². The Morgan fingerprint density at radius 3 is 2.52 bits per heavy atom. The fraction of sp³-hybridized carbons (Fsp3) is 0.333. The molecule has 2 heterocycles. The largest absolute Gasteiger partial charge is 0.416 e. The molecule has 2 aromatic rings. The van der Waals surface area contributed by atoms with Crippen LogP contribution in [0.3, 0.4) is 0 Å². The molecule has 0 unspecified atom stereocenters. The molecule has 176 valence electrons. The van der Waals surface area contributed by atoms with E-state index in [1.807, 2.05) is 0 Å². The van der Waals surface area contributed by atoms with Crippen LogP contribution in [0.5, 0.6) is 0 Å². The first-order chi connectivity index (χ1) is 15.3. The van der Waals surface area contributed by atoms with E-state index < -0.39 is 47.2 Å². The lowest BCUT2D eigenvalue weighted by Crippen LogP contribution is -2.46. The van der Waals surface area contributed by atoms with Crippen LogP contribution in [0.25, 0.3) is 0 Å². The van der Waals surface area contributed by atoms with Crippen molar-refractivity contribution in [2.24, 2.45) is 11.7 Å². The van der Waals surface area contributed by atoms with E-state index in [2.05, 4.69) is 4.98 Å². The molecule has 0 spiro atoms. The molecular weight excluding hydrogens is 468 g/mol. The van der Waals surface area contributed by atoms with E-state index in [9.17, 15) is 31.9 Å². The van der Waals surface area contributed by atoms with E-state index in [0.717, 1.165) is 21.9 Å². The average Bonchev–Trinajstić information content (AvgIpc) is 3.03. The van der Waals surface area contributed by atoms with Gasteiger partial charge in [0.05, 0.1) is 10.6 Å². The van der Waals surface area contributed by atoms with Crippen LogP contribution in [0.1, 0.15) is 24.1 Å². The van der Waals surface area contributed by atoms with Crippen LogP contribution in [-0.2, 0) is 20.6 Å². The van der Waals surface area contributed by atoms with E-state index in [1.165, 1.54) is 26.1 Å². The number of likely N-dealkylation sites (N-methyl/N-ethyl adjacent to an activating group) is 1. The van der Waals surface area contributed by atoms with Gasteiger partial charge in [-0.3, -0.25) is 19.3 Å². The molecule has 33 heavy (non-hydrogen) atoms. The number of halogens is 5. The highest BCUT2D eigenvalue weighted by Gasteiger charge is 2.47. The molecule has 0 saturated carbocycles. The summed E-state index contributed by atoms with van der Waals surface area (Å²) in [4.78, 5) is 43.8. The van der Waals surface area contributed by atoms with Gasteiger partial charge in [-0.15, -0.1) is 0 Å². The first kappa shape index (κ1) is 24.4. The number of hydrogen-bond donors (Lipinski definition) is 1. The Morgan fingerprint density at radius 1 is 1.27 bits per heavy atom. The van der Waals surface area contributed by atoms with Crippen LogP contribution in [0, 0.1) is 18.7 Å². The Bertz CT molecular complexity index is 1130. The number of hydrogen-bond acceptors (Lipinski definition) is 4. The molecule has 1 saturated heterocycles. The number of amides is 3. The minimum Gasteiger partial charge on any atom is -0.370 e. The van der Waals surface area contributed by atoms with Crippen molar-refractivity contribution in [3.63, 3.8) is 0 Å². The number of rotatable bonds is 5. The molecule has 1 aromatic carbocycles. The summed E-state index contributed by atoms with van der Waals surface area (Å²) in [5, 5.41) is -0.242. The van der Waals surface area contributed by atoms with Gasteiger partial charge in [0.1, 0.15) is 17.7 Å². The molecule has 1 aliphatic heterocycles. The highest BCUT2D eigenvalue weighted by atomic mass is 35.5. The highest BCUT2D eigenvalue weighted by Crippen LogP contribution is 2.37. The van der Waals surface area contributed by atoms with Gasteiger partial charge in [0.25, 0.3) is 0 Å². The molecule has 0 bridgehead atoms. The summed E-state index contributed by atoms with van der Waals surface area (Å²) in [7, 11) is 1.35. The summed E-state index contributed by atoms with van der Waals surface area (Å²) in [5.74, 6) is -4.32. The van der Waals surface area contributed by atoms with Gasteiger partial charge in [0.2, 0.25) is 17.7 Å². The fourth-order valence-corrected chi connectivity index (χ4v) is 3.88. The number of nitrogens with two attached hydrogens (primary N) is 1. The molecule has 12 heteroatoms.